The lowest BCUT2D eigenvalue weighted by Gasteiger charge is -2.09. The molecule has 0 saturated carbocycles. The number of carbonyl (C=O) groups is 1. The maximum absolute atomic E-state index is 11.7. The molecule has 0 spiro atoms. The first-order valence-electron chi connectivity index (χ1n) is 7.58. The van der Waals surface area contributed by atoms with E-state index < -0.39 is 9.85 Å². The molecular formula is C16H16N4O6. The minimum Gasteiger partial charge on any atom is -0.484 e. The highest BCUT2D eigenvalue weighted by atomic mass is 16.6. The van der Waals surface area contributed by atoms with Crippen LogP contribution in [0.4, 0.5) is 17.1 Å². The van der Waals surface area contributed by atoms with Crippen LogP contribution in [0.25, 0.3) is 0 Å². The lowest BCUT2D eigenvalue weighted by molar-refractivity contribution is -0.385. The molecule has 1 amide bonds. The van der Waals surface area contributed by atoms with Gasteiger partial charge in [-0.2, -0.15) is 0 Å². The van der Waals surface area contributed by atoms with E-state index in [2.05, 4.69) is 10.6 Å². The Bertz CT molecular complexity index is 776. The van der Waals surface area contributed by atoms with Crippen molar-refractivity contribution >= 4 is 23.0 Å². The van der Waals surface area contributed by atoms with Gasteiger partial charge < -0.3 is 15.4 Å². The number of rotatable bonds is 9. The second kappa shape index (κ2) is 8.97. The van der Waals surface area contributed by atoms with Crippen molar-refractivity contribution in [2.24, 2.45) is 0 Å². The van der Waals surface area contributed by atoms with Gasteiger partial charge in [0.25, 0.3) is 17.3 Å². The molecule has 2 N–H and O–H groups in total. The number of nitrogens with one attached hydrogen (secondary N) is 2. The van der Waals surface area contributed by atoms with Gasteiger partial charge in [-0.15, -0.1) is 0 Å². The summed E-state index contributed by atoms with van der Waals surface area (Å²) >= 11 is 0. The molecule has 2 aromatic rings. The predicted octanol–water partition coefficient (Wildman–Crippen LogP) is 2.11. The second-order valence-corrected chi connectivity index (χ2v) is 5.12. The number of hydrogen-bond acceptors (Lipinski definition) is 7. The Morgan fingerprint density at radius 1 is 0.885 bits per heavy atom. The molecule has 2 rings (SSSR count). The van der Waals surface area contributed by atoms with Crippen LogP contribution in [0.15, 0.2) is 48.5 Å². The molecule has 0 bridgehead atoms. The average molecular weight is 360 g/mol. The maximum Gasteiger partial charge on any atom is 0.269 e. The number of nitrogens with zero attached hydrogens (tertiary/aromatic N) is 2. The fraction of sp³-hybridized carbons (Fsp3) is 0.188. The molecule has 0 aliphatic rings. The third-order valence-corrected chi connectivity index (χ3v) is 3.27. The van der Waals surface area contributed by atoms with Gasteiger partial charge in [0.2, 0.25) is 0 Å². The van der Waals surface area contributed by atoms with Crippen molar-refractivity contribution in [3.8, 4) is 5.75 Å². The molecule has 0 saturated heterocycles. The van der Waals surface area contributed by atoms with Gasteiger partial charge in [-0.25, -0.2) is 0 Å². The van der Waals surface area contributed by atoms with Crippen LogP contribution < -0.4 is 15.4 Å². The molecule has 0 fully saturated rings. The zero-order valence-corrected chi connectivity index (χ0v) is 13.6. The van der Waals surface area contributed by atoms with Gasteiger partial charge in [-0.05, 0) is 24.3 Å². The Labute approximate surface area is 148 Å². The van der Waals surface area contributed by atoms with E-state index in [1.54, 1.807) is 12.1 Å². The minimum atomic E-state index is -0.519. The molecule has 10 nitrogen and oxygen atoms in total. The van der Waals surface area contributed by atoms with Gasteiger partial charge in [0, 0.05) is 43.0 Å². The summed E-state index contributed by atoms with van der Waals surface area (Å²) in [6.07, 6.45) is 0. The molecule has 0 aromatic heterocycles. The van der Waals surface area contributed by atoms with E-state index in [1.165, 1.54) is 36.4 Å². The van der Waals surface area contributed by atoms with Gasteiger partial charge in [-0.3, -0.25) is 25.0 Å². The topological polar surface area (TPSA) is 137 Å². The van der Waals surface area contributed by atoms with E-state index in [0.29, 0.717) is 24.5 Å². The van der Waals surface area contributed by atoms with Gasteiger partial charge in [0.1, 0.15) is 5.75 Å². The Morgan fingerprint density at radius 2 is 1.42 bits per heavy atom. The first-order chi connectivity index (χ1) is 12.5. The number of benzene rings is 2. The van der Waals surface area contributed by atoms with Crippen molar-refractivity contribution in [3.05, 3.63) is 68.8 Å². The molecule has 0 unspecified atom stereocenters. The third-order valence-electron chi connectivity index (χ3n) is 3.27. The lowest BCUT2D eigenvalue weighted by Crippen LogP contribution is -2.32. The van der Waals surface area contributed by atoms with Crippen molar-refractivity contribution in [2.45, 2.75) is 0 Å². The molecule has 136 valence electrons. The summed E-state index contributed by atoms with van der Waals surface area (Å²) in [5, 5.41) is 26.7. The first-order valence-corrected chi connectivity index (χ1v) is 7.58. The largest absolute Gasteiger partial charge is 0.484 e. The zero-order chi connectivity index (χ0) is 18.9. The summed E-state index contributed by atoms with van der Waals surface area (Å²) in [6.45, 7) is 0.551. The molecule has 0 aliphatic heterocycles. The standard InChI is InChI=1S/C16H16N4O6/c21-16(11-26-15-7-5-14(6-8-15)20(24)25)18-10-9-17-12-1-3-13(4-2-12)19(22)23/h1-8,17H,9-11H2,(H,18,21). The quantitative estimate of drug-likeness (QED) is 0.397. The smallest absolute Gasteiger partial charge is 0.269 e. The van der Waals surface area contributed by atoms with Gasteiger partial charge in [0.05, 0.1) is 9.85 Å². The first kappa shape index (κ1) is 18.6. The molecular weight excluding hydrogens is 344 g/mol. The van der Waals surface area contributed by atoms with Crippen molar-refractivity contribution in [1.29, 1.82) is 0 Å². The van der Waals surface area contributed by atoms with E-state index >= 15 is 0 Å². The SMILES string of the molecule is O=C(COc1ccc([N+](=O)[O-])cc1)NCCNc1ccc([N+](=O)[O-])cc1. The third kappa shape index (κ3) is 5.74. The highest BCUT2D eigenvalue weighted by molar-refractivity contribution is 5.77. The van der Waals surface area contributed by atoms with Crippen LogP contribution in [0, 0.1) is 20.2 Å². The molecule has 0 atom stereocenters. The monoisotopic (exact) mass is 360 g/mol. The molecule has 2 aromatic carbocycles. The van der Waals surface area contributed by atoms with Crippen molar-refractivity contribution in [2.75, 3.05) is 25.0 Å². The van der Waals surface area contributed by atoms with Crippen molar-refractivity contribution in [1.82, 2.24) is 5.32 Å². The van der Waals surface area contributed by atoms with E-state index in [9.17, 15) is 25.0 Å². The number of amides is 1. The number of nitro benzene ring substituents is 2. The number of anilines is 1. The summed E-state index contributed by atoms with van der Waals surface area (Å²) in [6, 6.07) is 11.4. The van der Waals surface area contributed by atoms with Crippen molar-refractivity contribution < 1.29 is 19.4 Å². The van der Waals surface area contributed by atoms with Crippen LogP contribution in [0.1, 0.15) is 0 Å². The highest BCUT2D eigenvalue weighted by Gasteiger charge is 2.07. The molecule has 26 heavy (non-hydrogen) atoms. The Balaban J connectivity index is 1.65. The second-order valence-electron chi connectivity index (χ2n) is 5.12. The van der Waals surface area contributed by atoms with Crippen LogP contribution >= 0.6 is 0 Å². The summed E-state index contributed by atoms with van der Waals surface area (Å²) in [5.41, 5.74) is 0.651. The average Bonchev–Trinajstić information content (AvgIpc) is 2.64. The van der Waals surface area contributed by atoms with E-state index in [4.69, 9.17) is 4.74 Å². The van der Waals surface area contributed by atoms with Crippen LogP contribution in [-0.4, -0.2) is 35.5 Å². The fourth-order valence-electron chi connectivity index (χ4n) is 1.97. The lowest BCUT2D eigenvalue weighted by atomic mass is 10.3. The Morgan fingerprint density at radius 3 is 1.96 bits per heavy atom. The predicted molar refractivity (Wildman–Crippen MR) is 93.2 cm³/mol. The van der Waals surface area contributed by atoms with Crippen molar-refractivity contribution in [3.63, 3.8) is 0 Å². The number of non-ortho nitro benzene ring substituents is 2. The number of hydrogen-bond donors (Lipinski definition) is 2. The Kier molecular flexibility index (Phi) is 6.43. The maximum atomic E-state index is 11.7. The van der Waals surface area contributed by atoms with Crippen LogP contribution in [0.3, 0.4) is 0 Å². The van der Waals surface area contributed by atoms with Gasteiger partial charge in [-0.1, -0.05) is 0 Å². The van der Waals surface area contributed by atoms with Crippen LogP contribution in [0.5, 0.6) is 5.75 Å². The summed E-state index contributed by atoms with van der Waals surface area (Å²) in [7, 11) is 0. The summed E-state index contributed by atoms with van der Waals surface area (Å²) in [5.74, 6) is 0.0172. The highest BCUT2D eigenvalue weighted by Crippen LogP contribution is 2.17. The molecule has 0 radical (unpaired) electrons. The number of nitro groups is 2. The van der Waals surface area contributed by atoms with Gasteiger partial charge in [0.15, 0.2) is 6.61 Å². The minimum absolute atomic E-state index is 0.00671. The molecule has 0 heterocycles. The van der Waals surface area contributed by atoms with E-state index in [-0.39, 0.29) is 23.9 Å². The zero-order valence-electron chi connectivity index (χ0n) is 13.6. The van der Waals surface area contributed by atoms with Crippen LogP contribution in [-0.2, 0) is 4.79 Å². The van der Waals surface area contributed by atoms with E-state index in [1.807, 2.05) is 0 Å². The molecule has 10 heteroatoms. The Hall–Kier alpha value is -3.69. The van der Waals surface area contributed by atoms with Crippen LogP contribution in [0.2, 0.25) is 0 Å². The normalized spacial score (nSPS) is 10.0. The summed E-state index contributed by atoms with van der Waals surface area (Å²) in [4.78, 5) is 31.8. The number of carbonyl (C=O) groups excluding carboxylic acids is 1. The fourth-order valence-corrected chi connectivity index (χ4v) is 1.97. The van der Waals surface area contributed by atoms with E-state index in [0.717, 1.165) is 0 Å². The van der Waals surface area contributed by atoms with Gasteiger partial charge >= 0.3 is 0 Å². The summed E-state index contributed by atoms with van der Waals surface area (Å²) < 4.78 is 5.23. The number of ether oxygens (including phenoxy) is 1. The molecule has 0 aliphatic carbocycles.